The number of hydrogen-bond donors (Lipinski definition) is 2. The molecule has 0 bridgehead atoms. The summed E-state index contributed by atoms with van der Waals surface area (Å²) in [5, 5.41) is 4.22. The maximum Gasteiger partial charge on any atom is 0.261 e. The van der Waals surface area contributed by atoms with E-state index in [-0.39, 0.29) is 18.4 Å². The van der Waals surface area contributed by atoms with Crippen LogP contribution < -0.4 is 10.1 Å². The number of rotatable bonds is 5. The molecular weight excluding hydrogens is 426 g/mol. The Balaban J connectivity index is 1.50. The summed E-state index contributed by atoms with van der Waals surface area (Å²) in [4.78, 5) is 31.9. The molecule has 0 fully saturated rings. The Kier molecular flexibility index (Phi) is 5.80. The molecule has 0 radical (unpaired) electrons. The van der Waals surface area contributed by atoms with Crippen molar-refractivity contribution in [3.05, 3.63) is 95.2 Å². The van der Waals surface area contributed by atoms with E-state index < -0.39 is 6.04 Å². The van der Waals surface area contributed by atoms with Crippen molar-refractivity contribution < 1.29 is 14.3 Å². The van der Waals surface area contributed by atoms with Gasteiger partial charge in [0.05, 0.1) is 0 Å². The summed E-state index contributed by atoms with van der Waals surface area (Å²) in [5.41, 5.74) is 5.58. The van der Waals surface area contributed by atoms with Crippen LogP contribution in [0.2, 0.25) is 0 Å². The summed E-state index contributed by atoms with van der Waals surface area (Å²) in [6.07, 6.45) is 2.59. The van der Waals surface area contributed by atoms with Crippen molar-refractivity contribution in [2.75, 3.05) is 18.5 Å². The first-order chi connectivity index (χ1) is 16.5. The Morgan fingerprint density at radius 1 is 1.03 bits per heavy atom. The van der Waals surface area contributed by atoms with Crippen molar-refractivity contribution in [3.63, 3.8) is 0 Å². The number of aromatic nitrogens is 1. The van der Waals surface area contributed by atoms with E-state index in [1.807, 2.05) is 80.7 Å². The van der Waals surface area contributed by atoms with E-state index in [1.165, 1.54) is 0 Å². The highest BCUT2D eigenvalue weighted by Crippen LogP contribution is 2.34. The maximum absolute atomic E-state index is 13.8. The Morgan fingerprint density at radius 3 is 2.59 bits per heavy atom. The third-order valence-electron chi connectivity index (χ3n) is 6.47. The highest BCUT2D eigenvalue weighted by molar-refractivity contribution is 6.00. The molecule has 34 heavy (non-hydrogen) atoms. The Morgan fingerprint density at radius 2 is 1.76 bits per heavy atom. The van der Waals surface area contributed by atoms with Crippen LogP contribution >= 0.6 is 0 Å². The van der Waals surface area contributed by atoms with E-state index in [0.29, 0.717) is 24.3 Å². The van der Waals surface area contributed by atoms with Crippen LogP contribution in [0.15, 0.2) is 72.9 Å². The molecule has 2 N–H and O–H groups in total. The van der Waals surface area contributed by atoms with Crippen LogP contribution in [0.1, 0.15) is 28.3 Å². The molecule has 6 nitrogen and oxygen atoms in total. The zero-order valence-corrected chi connectivity index (χ0v) is 19.3. The minimum absolute atomic E-state index is 0.0991. The summed E-state index contributed by atoms with van der Waals surface area (Å²) in [7, 11) is 0. The number of anilines is 1. The molecule has 5 rings (SSSR count). The predicted molar refractivity (Wildman–Crippen MR) is 133 cm³/mol. The minimum Gasteiger partial charge on any atom is -0.483 e. The number of aromatic amines is 1. The van der Waals surface area contributed by atoms with Gasteiger partial charge >= 0.3 is 0 Å². The van der Waals surface area contributed by atoms with Gasteiger partial charge in [-0.15, -0.1) is 0 Å². The average molecular weight is 454 g/mol. The monoisotopic (exact) mass is 453 g/mol. The highest BCUT2D eigenvalue weighted by atomic mass is 16.5. The van der Waals surface area contributed by atoms with Crippen LogP contribution in [0.25, 0.3) is 10.9 Å². The number of fused-ring (bicyclic) bond motifs is 2. The van der Waals surface area contributed by atoms with Crippen molar-refractivity contribution in [2.24, 2.45) is 0 Å². The van der Waals surface area contributed by atoms with E-state index in [4.69, 9.17) is 4.74 Å². The van der Waals surface area contributed by atoms with Gasteiger partial charge in [-0.1, -0.05) is 54.6 Å². The van der Waals surface area contributed by atoms with E-state index in [2.05, 4.69) is 16.4 Å². The number of nitrogens with zero attached hydrogens (tertiary/aromatic N) is 1. The lowest BCUT2D eigenvalue weighted by Gasteiger charge is -2.29. The molecular formula is C28H27N3O3. The zero-order chi connectivity index (χ0) is 23.7. The summed E-state index contributed by atoms with van der Waals surface area (Å²) in [6.45, 7) is 4.22. The fraction of sp³-hybridized carbons (Fsp3) is 0.214. The normalized spacial score (nSPS) is 15.5. The van der Waals surface area contributed by atoms with E-state index >= 15 is 0 Å². The van der Waals surface area contributed by atoms with Gasteiger partial charge in [0.15, 0.2) is 6.61 Å². The number of nitrogens with one attached hydrogen (secondary N) is 2. The first-order valence-corrected chi connectivity index (χ1v) is 11.5. The van der Waals surface area contributed by atoms with Crippen LogP contribution in [-0.4, -0.2) is 34.8 Å². The average Bonchev–Trinajstić information content (AvgIpc) is 3.19. The third-order valence-corrected chi connectivity index (χ3v) is 6.47. The SMILES string of the molecule is Cc1cccc(C)c1NC(=O)C1c2ccccc2OCC(=O)N1CCc1c[nH]c2ccccc12. The van der Waals surface area contributed by atoms with Crippen molar-refractivity contribution >= 4 is 28.4 Å². The number of benzene rings is 3. The molecule has 3 aromatic carbocycles. The lowest BCUT2D eigenvalue weighted by Crippen LogP contribution is -2.43. The largest absolute Gasteiger partial charge is 0.483 e. The Labute approximate surface area is 198 Å². The molecule has 0 aliphatic carbocycles. The summed E-state index contributed by atoms with van der Waals surface area (Å²) in [6, 6.07) is 20.6. The molecule has 0 spiro atoms. The van der Waals surface area contributed by atoms with Crippen LogP contribution in [-0.2, 0) is 16.0 Å². The summed E-state index contributed by atoms with van der Waals surface area (Å²) < 4.78 is 5.80. The second-order valence-corrected chi connectivity index (χ2v) is 8.68. The molecule has 0 saturated carbocycles. The van der Waals surface area contributed by atoms with Gasteiger partial charge in [0, 0.05) is 34.9 Å². The molecule has 1 aromatic heterocycles. The van der Waals surface area contributed by atoms with Gasteiger partial charge in [-0.25, -0.2) is 0 Å². The van der Waals surface area contributed by atoms with Crippen molar-refractivity contribution in [1.29, 1.82) is 0 Å². The smallest absolute Gasteiger partial charge is 0.261 e. The number of H-pyrrole nitrogens is 1. The van der Waals surface area contributed by atoms with Gasteiger partial charge in [0.25, 0.3) is 11.8 Å². The number of amides is 2. The topological polar surface area (TPSA) is 74.4 Å². The molecule has 2 heterocycles. The van der Waals surface area contributed by atoms with Crippen molar-refractivity contribution in [2.45, 2.75) is 26.3 Å². The second-order valence-electron chi connectivity index (χ2n) is 8.68. The van der Waals surface area contributed by atoms with Crippen LogP contribution in [0, 0.1) is 13.8 Å². The van der Waals surface area contributed by atoms with Gasteiger partial charge in [-0.2, -0.15) is 0 Å². The van der Waals surface area contributed by atoms with Gasteiger partial charge in [0.2, 0.25) is 0 Å². The fourth-order valence-electron chi connectivity index (χ4n) is 4.69. The molecule has 1 atom stereocenters. The van der Waals surface area contributed by atoms with Crippen LogP contribution in [0.5, 0.6) is 5.75 Å². The summed E-state index contributed by atoms with van der Waals surface area (Å²) in [5.74, 6) is 0.104. The first-order valence-electron chi connectivity index (χ1n) is 11.5. The lowest BCUT2D eigenvalue weighted by molar-refractivity contribution is -0.139. The molecule has 6 heteroatoms. The number of hydrogen-bond acceptors (Lipinski definition) is 3. The quantitative estimate of drug-likeness (QED) is 0.450. The maximum atomic E-state index is 13.8. The molecule has 0 saturated heterocycles. The fourth-order valence-corrected chi connectivity index (χ4v) is 4.69. The van der Waals surface area contributed by atoms with Gasteiger partial charge in [-0.3, -0.25) is 9.59 Å². The Bertz CT molecular complexity index is 1350. The number of carbonyl (C=O) groups is 2. The first kappa shape index (κ1) is 21.8. The van der Waals surface area contributed by atoms with Crippen LogP contribution in [0.4, 0.5) is 5.69 Å². The van der Waals surface area contributed by atoms with Gasteiger partial charge in [0.1, 0.15) is 11.8 Å². The zero-order valence-electron chi connectivity index (χ0n) is 19.3. The third kappa shape index (κ3) is 4.03. The van der Waals surface area contributed by atoms with E-state index in [9.17, 15) is 9.59 Å². The van der Waals surface area contributed by atoms with E-state index in [1.54, 1.807) is 4.90 Å². The molecule has 172 valence electrons. The Hall–Kier alpha value is -4.06. The highest BCUT2D eigenvalue weighted by Gasteiger charge is 2.36. The summed E-state index contributed by atoms with van der Waals surface area (Å²) >= 11 is 0. The molecule has 1 unspecified atom stereocenters. The number of ether oxygens (including phenoxy) is 1. The van der Waals surface area contributed by atoms with Gasteiger partial charge in [-0.05, 0) is 49.1 Å². The molecule has 2 amide bonds. The number of para-hydroxylation sites is 3. The number of carbonyl (C=O) groups excluding carboxylic acids is 2. The van der Waals surface area contributed by atoms with Crippen LogP contribution in [0.3, 0.4) is 0 Å². The predicted octanol–water partition coefficient (Wildman–Crippen LogP) is 4.93. The van der Waals surface area contributed by atoms with Crippen molar-refractivity contribution in [3.8, 4) is 5.75 Å². The lowest BCUT2D eigenvalue weighted by atomic mass is 10.0. The van der Waals surface area contributed by atoms with Crippen molar-refractivity contribution in [1.82, 2.24) is 9.88 Å². The molecule has 1 aliphatic heterocycles. The second kappa shape index (κ2) is 9.06. The van der Waals surface area contributed by atoms with E-state index in [0.717, 1.165) is 33.3 Å². The standard InChI is InChI=1S/C28H27N3O3/c1-18-8-7-9-19(2)26(18)30-28(33)27-22-11-4-6-13-24(22)34-17-25(32)31(27)15-14-20-16-29-23-12-5-3-10-21(20)23/h3-13,16,27,29H,14-15,17H2,1-2H3,(H,30,33). The molecule has 1 aliphatic rings. The van der Waals surface area contributed by atoms with Gasteiger partial charge < -0.3 is 19.9 Å². The number of aryl methyl sites for hydroxylation is 2. The minimum atomic E-state index is -0.796. The molecule has 4 aromatic rings.